The Bertz CT molecular complexity index is 533. The van der Waals surface area contributed by atoms with E-state index in [9.17, 15) is 9.59 Å². The Morgan fingerprint density at radius 2 is 1.86 bits per heavy atom. The first kappa shape index (κ1) is 16.8. The Hall–Kier alpha value is -2.24. The van der Waals surface area contributed by atoms with Crippen molar-refractivity contribution in [3.63, 3.8) is 0 Å². The van der Waals surface area contributed by atoms with Crippen LogP contribution in [-0.2, 0) is 4.79 Å². The van der Waals surface area contributed by atoms with E-state index in [1.54, 1.807) is 32.3 Å². The second-order valence-electron chi connectivity index (χ2n) is 6.16. The fraction of sp³-hybridized carbons (Fsp3) is 0.467. The highest BCUT2D eigenvalue weighted by Gasteiger charge is 2.16. The zero-order valence-corrected chi connectivity index (χ0v) is 13.3. The van der Waals surface area contributed by atoms with Crippen molar-refractivity contribution in [3.05, 3.63) is 23.8 Å². The molecule has 0 fully saturated rings. The number of nitrogens with two attached hydrogens (primary N) is 1. The molecule has 21 heavy (non-hydrogen) atoms. The van der Waals surface area contributed by atoms with Crippen LogP contribution in [0.15, 0.2) is 18.2 Å². The molecule has 4 N–H and O–H groups in total. The van der Waals surface area contributed by atoms with Gasteiger partial charge in [0.1, 0.15) is 0 Å². The van der Waals surface area contributed by atoms with Gasteiger partial charge in [-0.3, -0.25) is 9.59 Å². The van der Waals surface area contributed by atoms with Crippen LogP contribution in [0.25, 0.3) is 0 Å². The van der Waals surface area contributed by atoms with Crippen LogP contribution in [0.4, 0.5) is 11.4 Å². The van der Waals surface area contributed by atoms with E-state index in [2.05, 4.69) is 10.6 Å². The number of carbonyl (C=O) groups excluding carboxylic acids is 2. The highest BCUT2D eigenvalue weighted by Crippen LogP contribution is 2.20. The Morgan fingerprint density at radius 3 is 2.38 bits per heavy atom. The van der Waals surface area contributed by atoms with Gasteiger partial charge in [0.05, 0.1) is 12.1 Å². The van der Waals surface area contributed by atoms with Gasteiger partial charge < -0.3 is 21.3 Å². The third kappa shape index (κ3) is 5.33. The molecule has 0 saturated heterocycles. The van der Waals surface area contributed by atoms with Gasteiger partial charge in [-0.2, -0.15) is 0 Å². The maximum Gasteiger partial charge on any atom is 0.255 e. The van der Waals surface area contributed by atoms with Crippen LogP contribution in [0.1, 0.15) is 31.1 Å². The molecule has 6 nitrogen and oxygen atoms in total. The average Bonchev–Trinajstić information content (AvgIpc) is 2.33. The van der Waals surface area contributed by atoms with Crippen molar-refractivity contribution >= 4 is 23.2 Å². The summed E-state index contributed by atoms with van der Waals surface area (Å²) in [4.78, 5) is 25.4. The number of anilines is 2. The van der Waals surface area contributed by atoms with E-state index < -0.39 is 0 Å². The molecule has 0 aromatic heterocycles. The second-order valence-corrected chi connectivity index (χ2v) is 6.16. The molecule has 6 heteroatoms. The fourth-order valence-corrected chi connectivity index (χ4v) is 1.77. The Morgan fingerprint density at radius 1 is 1.24 bits per heavy atom. The van der Waals surface area contributed by atoms with Crippen LogP contribution in [-0.4, -0.2) is 42.9 Å². The summed E-state index contributed by atoms with van der Waals surface area (Å²) < 4.78 is 0. The summed E-state index contributed by atoms with van der Waals surface area (Å²) in [5, 5.41) is 5.82. The highest BCUT2D eigenvalue weighted by molar-refractivity contribution is 6.00. The summed E-state index contributed by atoms with van der Waals surface area (Å²) in [7, 11) is 3.35. The van der Waals surface area contributed by atoms with Crippen LogP contribution in [0.5, 0.6) is 0 Å². The van der Waals surface area contributed by atoms with Crippen molar-refractivity contribution in [2.75, 3.05) is 31.7 Å². The molecule has 1 aromatic rings. The van der Waals surface area contributed by atoms with E-state index in [1.165, 1.54) is 4.90 Å². The molecule has 0 aliphatic rings. The van der Waals surface area contributed by atoms with Gasteiger partial charge in [0.2, 0.25) is 5.91 Å². The third-order valence-electron chi connectivity index (χ3n) is 2.63. The summed E-state index contributed by atoms with van der Waals surface area (Å²) in [6.45, 7) is 5.81. The Balaban J connectivity index is 2.85. The lowest BCUT2D eigenvalue weighted by atomic mass is 10.1. The van der Waals surface area contributed by atoms with E-state index in [-0.39, 0.29) is 23.9 Å². The van der Waals surface area contributed by atoms with E-state index in [4.69, 9.17) is 5.73 Å². The molecule has 0 unspecified atom stereocenters. The fourth-order valence-electron chi connectivity index (χ4n) is 1.77. The van der Waals surface area contributed by atoms with Gasteiger partial charge in [0.25, 0.3) is 5.91 Å². The van der Waals surface area contributed by atoms with Crippen molar-refractivity contribution in [3.8, 4) is 0 Å². The number of carbonyl (C=O) groups is 2. The van der Waals surface area contributed by atoms with Crippen LogP contribution < -0.4 is 16.4 Å². The number of hydrogen-bond donors (Lipinski definition) is 3. The molecule has 0 atom stereocenters. The van der Waals surface area contributed by atoms with Crippen LogP contribution in [0.3, 0.4) is 0 Å². The van der Waals surface area contributed by atoms with Gasteiger partial charge in [-0.1, -0.05) is 0 Å². The first-order valence-corrected chi connectivity index (χ1v) is 6.76. The molecule has 116 valence electrons. The average molecular weight is 292 g/mol. The van der Waals surface area contributed by atoms with Gasteiger partial charge in [-0.25, -0.2) is 0 Å². The normalized spacial score (nSPS) is 10.9. The highest BCUT2D eigenvalue weighted by atomic mass is 16.2. The zero-order valence-electron chi connectivity index (χ0n) is 13.3. The summed E-state index contributed by atoms with van der Waals surface area (Å²) in [6, 6.07) is 4.97. The standard InChI is InChI=1S/C15H24N4O2/c1-15(2,3)18-13(20)9-17-12-8-10(16)6-7-11(12)14(21)19(4)5/h6-8,17H,9,16H2,1-5H3,(H,18,20). The van der Waals surface area contributed by atoms with E-state index in [0.717, 1.165) is 0 Å². The Kier molecular flexibility index (Phi) is 5.18. The maximum atomic E-state index is 12.1. The molecule has 0 aliphatic heterocycles. The van der Waals surface area contributed by atoms with Gasteiger partial charge in [-0.15, -0.1) is 0 Å². The number of nitrogens with one attached hydrogen (secondary N) is 2. The van der Waals surface area contributed by atoms with Crippen LogP contribution >= 0.6 is 0 Å². The molecule has 0 radical (unpaired) electrons. The maximum absolute atomic E-state index is 12.1. The molecule has 0 bridgehead atoms. The quantitative estimate of drug-likeness (QED) is 0.730. The first-order chi connectivity index (χ1) is 9.60. The monoisotopic (exact) mass is 292 g/mol. The molecule has 2 amide bonds. The van der Waals surface area contributed by atoms with E-state index in [1.807, 2.05) is 20.8 Å². The molecular weight excluding hydrogens is 268 g/mol. The molecule has 0 spiro atoms. The minimum Gasteiger partial charge on any atom is -0.399 e. The number of amides is 2. The van der Waals surface area contributed by atoms with Gasteiger partial charge in [-0.05, 0) is 39.0 Å². The SMILES string of the molecule is CN(C)C(=O)c1ccc(N)cc1NCC(=O)NC(C)(C)C. The van der Waals surface area contributed by atoms with Crippen molar-refractivity contribution in [2.45, 2.75) is 26.3 Å². The van der Waals surface area contributed by atoms with Crippen molar-refractivity contribution in [1.29, 1.82) is 0 Å². The zero-order chi connectivity index (χ0) is 16.2. The minimum absolute atomic E-state index is 0.0778. The minimum atomic E-state index is -0.295. The third-order valence-corrected chi connectivity index (χ3v) is 2.63. The van der Waals surface area contributed by atoms with Crippen molar-refractivity contribution < 1.29 is 9.59 Å². The molecule has 0 aliphatic carbocycles. The second kappa shape index (κ2) is 6.47. The van der Waals surface area contributed by atoms with Crippen LogP contribution in [0, 0.1) is 0 Å². The predicted molar refractivity (Wildman–Crippen MR) is 85.3 cm³/mol. The number of benzene rings is 1. The lowest BCUT2D eigenvalue weighted by Crippen LogP contribution is -2.43. The number of rotatable bonds is 4. The van der Waals surface area contributed by atoms with E-state index >= 15 is 0 Å². The Labute approximate surface area is 125 Å². The molecular formula is C15H24N4O2. The molecule has 1 aromatic carbocycles. The lowest BCUT2D eigenvalue weighted by molar-refractivity contribution is -0.120. The van der Waals surface area contributed by atoms with Crippen molar-refractivity contribution in [1.82, 2.24) is 10.2 Å². The largest absolute Gasteiger partial charge is 0.399 e. The topological polar surface area (TPSA) is 87.5 Å². The molecule has 0 heterocycles. The van der Waals surface area contributed by atoms with Crippen molar-refractivity contribution in [2.24, 2.45) is 0 Å². The summed E-state index contributed by atoms with van der Waals surface area (Å²) >= 11 is 0. The van der Waals surface area contributed by atoms with Crippen LogP contribution in [0.2, 0.25) is 0 Å². The number of nitrogens with zero attached hydrogens (tertiary/aromatic N) is 1. The van der Waals surface area contributed by atoms with E-state index in [0.29, 0.717) is 16.9 Å². The smallest absolute Gasteiger partial charge is 0.255 e. The van der Waals surface area contributed by atoms with Gasteiger partial charge >= 0.3 is 0 Å². The number of hydrogen-bond acceptors (Lipinski definition) is 4. The lowest BCUT2D eigenvalue weighted by Gasteiger charge is -2.21. The van der Waals surface area contributed by atoms with Gasteiger partial charge in [0, 0.05) is 31.0 Å². The summed E-state index contributed by atoms with van der Waals surface area (Å²) in [5.41, 5.74) is 7.02. The molecule has 0 saturated carbocycles. The summed E-state index contributed by atoms with van der Waals surface area (Å²) in [5.74, 6) is -0.290. The van der Waals surface area contributed by atoms with Gasteiger partial charge in [0.15, 0.2) is 0 Å². The predicted octanol–water partition coefficient (Wildman–Crippen LogP) is 1.30. The summed E-state index contributed by atoms with van der Waals surface area (Å²) in [6.07, 6.45) is 0. The first-order valence-electron chi connectivity index (χ1n) is 6.76. The molecule has 1 rings (SSSR count). The number of nitrogen functional groups attached to an aromatic ring is 1.